The van der Waals surface area contributed by atoms with Crippen LogP contribution in [0.1, 0.15) is 93.4 Å². The normalized spacial score (nSPS) is 61.7. The van der Waals surface area contributed by atoms with E-state index in [4.69, 9.17) is 9.47 Å². The van der Waals surface area contributed by atoms with Gasteiger partial charge in [0.2, 0.25) is 0 Å². The number of ether oxygens (including phenoxy) is 2. The Balaban J connectivity index is 1.37. The highest BCUT2D eigenvalue weighted by molar-refractivity contribution is 5.48. The second-order valence-electron chi connectivity index (χ2n) is 15.5. The van der Waals surface area contributed by atoms with Crippen LogP contribution in [-0.2, 0) is 9.47 Å². The molecule has 12 unspecified atom stereocenters. The maximum atomic E-state index is 12.4. The molecule has 2 aliphatic heterocycles. The van der Waals surface area contributed by atoms with Gasteiger partial charge in [0.15, 0.2) is 5.79 Å². The molecule has 0 aromatic heterocycles. The largest absolute Gasteiger partial charge is 0.393 e. The molecule has 196 valence electrons. The quantitative estimate of drug-likeness (QED) is 0.473. The molecule has 5 nitrogen and oxygen atoms in total. The monoisotopic (exact) mass is 486 g/mol. The first-order chi connectivity index (χ1) is 16.1. The number of hydrogen-bond acceptors (Lipinski definition) is 5. The van der Waals surface area contributed by atoms with E-state index < -0.39 is 29.0 Å². The number of fused-ring (bicyclic) bond motifs is 4. The Bertz CT molecular complexity index is 1010. The van der Waals surface area contributed by atoms with E-state index in [2.05, 4.69) is 40.7 Å². The molecule has 2 bridgehead atoms. The number of rotatable bonds is 1. The summed E-state index contributed by atoms with van der Waals surface area (Å²) in [6, 6.07) is 0. The van der Waals surface area contributed by atoms with Crippen molar-refractivity contribution in [1.82, 2.24) is 0 Å². The molecule has 0 radical (unpaired) electrons. The maximum Gasteiger partial charge on any atom is 0.199 e. The van der Waals surface area contributed by atoms with Crippen molar-refractivity contribution in [3.8, 4) is 0 Å². The van der Waals surface area contributed by atoms with E-state index in [0.29, 0.717) is 11.8 Å². The summed E-state index contributed by atoms with van der Waals surface area (Å²) in [4.78, 5) is 0. The third-order valence-corrected chi connectivity index (χ3v) is 13.5. The first kappa shape index (κ1) is 23.6. The molecule has 7 rings (SSSR count). The van der Waals surface area contributed by atoms with Crippen LogP contribution < -0.4 is 0 Å². The van der Waals surface area contributed by atoms with Crippen LogP contribution in [0, 0.1) is 44.8 Å². The van der Waals surface area contributed by atoms with E-state index >= 15 is 0 Å². The third kappa shape index (κ3) is 2.26. The third-order valence-electron chi connectivity index (χ3n) is 13.5. The first-order valence-electron chi connectivity index (χ1n) is 14.3. The van der Waals surface area contributed by atoms with E-state index in [1.165, 1.54) is 12.0 Å². The summed E-state index contributed by atoms with van der Waals surface area (Å²) < 4.78 is 13.5. The van der Waals surface area contributed by atoms with Gasteiger partial charge in [-0.15, -0.1) is 0 Å². The Morgan fingerprint density at radius 1 is 1.03 bits per heavy atom. The molecular weight excluding hydrogens is 440 g/mol. The summed E-state index contributed by atoms with van der Waals surface area (Å²) in [5.41, 5.74) is 0.212. The molecule has 7 aliphatic rings. The van der Waals surface area contributed by atoms with E-state index in [1.807, 2.05) is 13.8 Å². The van der Waals surface area contributed by atoms with Crippen molar-refractivity contribution < 1.29 is 24.8 Å². The minimum atomic E-state index is -1.05. The average molecular weight is 487 g/mol. The van der Waals surface area contributed by atoms with Crippen molar-refractivity contribution >= 4 is 0 Å². The van der Waals surface area contributed by atoms with Gasteiger partial charge in [0.25, 0.3) is 0 Å². The van der Waals surface area contributed by atoms with Crippen LogP contribution in [0.15, 0.2) is 11.6 Å². The SMILES string of the molecule is CC1CC2OC3(OC2C(C)(C)O)C1C1(C)CCC24CC25CCC(O)C(C)(C)C5CC=C4C1(C)C3O. The fraction of sp³-hybridized carbons (Fsp3) is 0.933. The lowest BCUT2D eigenvalue weighted by molar-refractivity contribution is -0.279. The molecule has 5 aliphatic carbocycles. The lowest BCUT2D eigenvalue weighted by Crippen LogP contribution is -2.55. The summed E-state index contributed by atoms with van der Waals surface area (Å²) in [6.07, 6.45) is 8.17. The summed E-state index contributed by atoms with van der Waals surface area (Å²) in [6.45, 7) is 15.2. The molecule has 12 atom stereocenters. The van der Waals surface area contributed by atoms with Crippen molar-refractivity contribution in [2.75, 3.05) is 0 Å². The molecular formula is C30H46O5. The summed E-state index contributed by atoms with van der Waals surface area (Å²) in [7, 11) is 0. The second-order valence-corrected chi connectivity index (χ2v) is 15.5. The standard InChI is InChI=1S/C30H46O5/c1-16-14-17-22(25(4,5)33)35-30(34-17)21(16)26(6)12-13-29-15-28(29)11-10-20(31)24(2,3)18(28)8-9-19(29)27(26,7)23(30)32/h9,16-18,20-23,31-33H,8,10-15H2,1-7H3. The van der Waals surface area contributed by atoms with Gasteiger partial charge in [0.05, 0.1) is 17.8 Å². The van der Waals surface area contributed by atoms with Gasteiger partial charge in [0.1, 0.15) is 12.2 Å². The van der Waals surface area contributed by atoms with Gasteiger partial charge in [-0.2, -0.15) is 0 Å². The second kappa shape index (κ2) is 6.22. The van der Waals surface area contributed by atoms with E-state index in [-0.39, 0.29) is 39.8 Å². The summed E-state index contributed by atoms with van der Waals surface area (Å²) in [5, 5.41) is 34.3. The summed E-state index contributed by atoms with van der Waals surface area (Å²) >= 11 is 0. The molecule has 6 fully saturated rings. The van der Waals surface area contributed by atoms with Gasteiger partial charge in [0, 0.05) is 11.3 Å². The minimum Gasteiger partial charge on any atom is -0.393 e. The zero-order valence-electron chi connectivity index (χ0n) is 22.7. The fourth-order valence-electron chi connectivity index (χ4n) is 11.8. The van der Waals surface area contributed by atoms with Crippen molar-refractivity contribution in [3.63, 3.8) is 0 Å². The minimum absolute atomic E-state index is 0.0776. The Morgan fingerprint density at radius 2 is 1.74 bits per heavy atom. The Morgan fingerprint density at radius 3 is 2.43 bits per heavy atom. The van der Waals surface area contributed by atoms with E-state index in [0.717, 1.165) is 38.5 Å². The molecule has 0 aromatic carbocycles. The highest BCUT2D eigenvalue weighted by Gasteiger charge is 2.86. The fourth-order valence-corrected chi connectivity index (χ4v) is 11.8. The van der Waals surface area contributed by atoms with Crippen molar-refractivity contribution in [2.24, 2.45) is 44.8 Å². The van der Waals surface area contributed by atoms with Gasteiger partial charge in [-0.05, 0) is 92.3 Å². The molecule has 35 heavy (non-hydrogen) atoms. The predicted octanol–water partition coefficient (Wildman–Crippen LogP) is 4.58. The zero-order valence-corrected chi connectivity index (χ0v) is 22.7. The molecule has 3 spiro atoms. The Hall–Kier alpha value is -0.460. The zero-order chi connectivity index (χ0) is 25.2. The Labute approximate surface area is 210 Å². The number of hydrogen-bond donors (Lipinski definition) is 3. The highest BCUT2D eigenvalue weighted by atomic mass is 16.8. The number of aliphatic hydroxyl groups is 3. The first-order valence-corrected chi connectivity index (χ1v) is 14.3. The van der Waals surface area contributed by atoms with Crippen LogP contribution in [0.2, 0.25) is 0 Å². The maximum absolute atomic E-state index is 12.4. The van der Waals surface area contributed by atoms with Crippen molar-refractivity contribution in [3.05, 3.63) is 11.6 Å². The predicted molar refractivity (Wildman–Crippen MR) is 132 cm³/mol. The van der Waals surface area contributed by atoms with Gasteiger partial charge in [-0.25, -0.2) is 0 Å². The van der Waals surface area contributed by atoms with Gasteiger partial charge in [-0.3, -0.25) is 0 Å². The van der Waals surface area contributed by atoms with Crippen LogP contribution in [0.4, 0.5) is 0 Å². The smallest absolute Gasteiger partial charge is 0.199 e. The van der Waals surface area contributed by atoms with Crippen molar-refractivity contribution in [2.45, 2.75) is 129 Å². The van der Waals surface area contributed by atoms with Crippen LogP contribution in [0.3, 0.4) is 0 Å². The van der Waals surface area contributed by atoms with Gasteiger partial charge in [-0.1, -0.05) is 46.3 Å². The Kier molecular flexibility index (Phi) is 4.20. The van der Waals surface area contributed by atoms with Crippen molar-refractivity contribution in [1.29, 1.82) is 0 Å². The van der Waals surface area contributed by atoms with Crippen LogP contribution >= 0.6 is 0 Å². The van der Waals surface area contributed by atoms with Crippen LogP contribution in [0.25, 0.3) is 0 Å². The van der Waals surface area contributed by atoms with Gasteiger partial charge >= 0.3 is 0 Å². The molecule has 2 saturated heterocycles. The van der Waals surface area contributed by atoms with E-state index in [1.54, 1.807) is 0 Å². The lowest BCUT2D eigenvalue weighted by atomic mass is 9.44. The van der Waals surface area contributed by atoms with Gasteiger partial charge < -0.3 is 24.8 Å². The average Bonchev–Trinajstić information content (AvgIpc) is 3.28. The molecule has 3 N–H and O–H groups in total. The van der Waals surface area contributed by atoms with E-state index in [9.17, 15) is 15.3 Å². The molecule has 4 saturated carbocycles. The topological polar surface area (TPSA) is 79.2 Å². The molecule has 0 amide bonds. The molecule has 0 aromatic rings. The van der Waals surface area contributed by atoms with Crippen LogP contribution in [-0.4, -0.2) is 51.1 Å². The lowest BCUT2D eigenvalue weighted by Gasteiger charge is -2.59. The summed E-state index contributed by atoms with van der Waals surface area (Å²) in [5.74, 6) is -0.111. The molecule has 2 heterocycles. The number of allylic oxidation sites excluding steroid dienone is 1. The number of aliphatic hydroxyl groups excluding tert-OH is 2. The molecule has 5 heteroatoms. The van der Waals surface area contributed by atoms with Crippen LogP contribution in [0.5, 0.6) is 0 Å². The highest BCUT2D eigenvalue weighted by Crippen LogP contribution is 2.89.